The van der Waals surface area contributed by atoms with Crippen LogP contribution in [0.15, 0.2) is 18.5 Å². The molecule has 2 heterocycles. The first kappa shape index (κ1) is 15.5. The highest BCUT2D eigenvalue weighted by atomic mass is 16.5. The molecule has 0 bridgehead atoms. The minimum absolute atomic E-state index is 0.00775. The molecule has 2 rings (SSSR count). The van der Waals surface area contributed by atoms with Gasteiger partial charge in [-0.05, 0) is 25.3 Å². The third kappa shape index (κ3) is 4.85. The first-order valence-electron chi connectivity index (χ1n) is 7.25. The van der Waals surface area contributed by atoms with Crippen LogP contribution in [0, 0.1) is 11.8 Å². The second-order valence-corrected chi connectivity index (χ2v) is 4.90. The second-order valence-electron chi connectivity index (χ2n) is 4.90. The largest absolute Gasteiger partial charge is 0.395 e. The molecule has 0 aliphatic carbocycles. The number of aliphatic hydroxyl groups is 1. The number of carbonyl (C=O) groups excluding carboxylic acids is 1. The molecule has 1 atom stereocenters. The van der Waals surface area contributed by atoms with E-state index < -0.39 is 0 Å². The molecular formula is C16H20N2O3. The fraction of sp³-hybridized carbons (Fsp3) is 0.500. The van der Waals surface area contributed by atoms with Crippen LogP contribution in [0.2, 0.25) is 0 Å². The van der Waals surface area contributed by atoms with Crippen molar-refractivity contribution in [2.24, 2.45) is 0 Å². The lowest BCUT2D eigenvalue weighted by molar-refractivity contribution is 0.0169. The minimum atomic E-state index is -0.167. The lowest BCUT2D eigenvalue weighted by atomic mass is 10.1. The van der Waals surface area contributed by atoms with E-state index in [0.717, 1.165) is 25.9 Å². The molecule has 5 nitrogen and oxygen atoms in total. The first-order valence-corrected chi connectivity index (χ1v) is 7.25. The molecule has 0 aromatic carbocycles. The zero-order chi connectivity index (χ0) is 14.9. The lowest BCUT2D eigenvalue weighted by Gasteiger charge is -2.22. The summed E-state index contributed by atoms with van der Waals surface area (Å²) in [4.78, 5) is 16.2. The van der Waals surface area contributed by atoms with E-state index in [1.807, 2.05) is 0 Å². The van der Waals surface area contributed by atoms with Gasteiger partial charge in [0, 0.05) is 32.0 Å². The molecule has 1 unspecified atom stereocenters. The summed E-state index contributed by atoms with van der Waals surface area (Å²) in [6.07, 6.45) is 6.85. The third-order valence-corrected chi connectivity index (χ3v) is 3.29. The monoisotopic (exact) mass is 288 g/mol. The summed E-state index contributed by atoms with van der Waals surface area (Å²) >= 11 is 0. The van der Waals surface area contributed by atoms with E-state index in [4.69, 9.17) is 9.84 Å². The van der Waals surface area contributed by atoms with Crippen molar-refractivity contribution in [3.8, 4) is 11.8 Å². The summed E-state index contributed by atoms with van der Waals surface area (Å²) in [5.41, 5.74) is 1.08. The number of rotatable bonds is 4. The number of aromatic nitrogens is 1. The van der Waals surface area contributed by atoms with Crippen molar-refractivity contribution < 1.29 is 14.6 Å². The van der Waals surface area contributed by atoms with Gasteiger partial charge >= 0.3 is 0 Å². The van der Waals surface area contributed by atoms with Gasteiger partial charge in [0.25, 0.3) is 5.91 Å². The Kier molecular flexibility index (Phi) is 6.20. The van der Waals surface area contributed by atoms with Crippen molar-refractivity contribution in [2.45, 2.75) is 31.8 Å². The molecule has 5 heteroatoms. The summed E-state index contributed by atoms with van der Waals surface area (Å²) in [5.74, 6) is 5.51. The molecular weight excluding hydrogens is 268 g/mol. The molecule has 0 saturated carbocycles. The van der Waals surface area contributed by atoms with Crippen LogP contribution in [-0.4, -0.2) is 41.9 Å². The second kappa shape index (κ2) is 8.40. The summed E-state index contributed by atoms with van der Waals surface area (Å²) in [5, 5.41) is 11.6. The van der Waals surface area contributed by atoms with Gasteiger partial charge in [0.1, 0.15) is 0 Å². The number of pyridine rings is 1. The standard InChI is InChI=1S/C16H20N2O3/c19-9-3-1-5-13-11-17-8-7-15(13)16(20)18-12-14-6-2-4-10-21-14/h7-8,11,14,19H,2-4,6,9-10,12H2,(H,18,20). The first-order chi connectivity index (χ1) is 10.3. The maximum absolute atomic E-state index is 12.2. The third-order valence-electron chi connectivity index (χ3n) is 3.29. The van der Waals surface area contributed by atoms with Crippen LogP contribution in [0.25, 0.3) is 0 Å². The molecule has 1 aliphatic heterocycles. The predicted molar refractivity (Wildman–Crippen MR) is 78.7 cm³/mol. The van der Waals surface area contributed by atoms with Gasteiger partial charge < -0.3 is 15.2 Å². The molecule has 0 spiro atoms. The van der Waals surface area contributed by atoms with E-state index in [-0.39, 0.29) is 18.6 Å². The number of carbonyl (C=O) groups is 1. The van der Waals surface area contributed by atoms with Gasteiger partial charge in [0.2, 0.25) is 0 Å². The minimum Gasteiger partial charge on any atom is -0.395 e. The van der Waals surface area contributed by atoms with E-state index in [1.165, 1.54) is 0 Å². The van der Waals surface area contributed by atoms with Crippen molar-refractivity contribution in [1.82, 2.24) is 10.3 Å². The molecule has 112 valence electrons. The zero-order valence-electron chi connectivity index (χ0n) is 12.0. The number of hydrogen-bond donors (Lipinski definition) is 2. The SMILES string of the molecule is O=C(NCC1CCCCO1)c1ccncc1C#CCCO. The average Bonchev–Trinajstić information content (AvgIpc) is 2.54. The van der Waals surface area contributed by atoms with Gasteiger partial charge in [0.15, 0.2) is 0 Å². The number of nitrogens with zero attached hydrogens (tertiary/aromatic N) is 1. The number of ether oxygens (including phenoxy) is 1. The molecule has 1 aromatic rings. The molecule has 1 fully saturated rings. The molecule has 1 aliphatic rings. The molecule has 1 aromatic heterocycles. The highest BCUT2D eigenvalue weighted by molar-refractivity contribution is 5.96. The van der Waals surface area contributed by atoms with Gasteiger partial charge in [-0.1, -0.05) is 11.8 Å². The summed E-state index contributed by atoms with van der Waals surface area (Å²) in [7, 11) is 0. The predicted octanol–water partition coefficient (Wildman–Crippen LogP) is 1.11. The van der Waals surface area contributed by atoms with E-state index in [0.29, 0.717) is 24.1 Å². The number of amides is 1. The Hall–Kier alpha value is -1.90. The topological polar surface area (TPSA) is 71.5 Å². The van der Waals surface area contributed by atoms with Gasteiger partial charge in [-0.15, -0.1) is 0 Å². The highest BCUT2D eigenvalue weighted by Crippen LogP contribution is 2.12. The molecule has 2 N–H and O–H groups in total. The lowest BCUT2D eigenvalue weighted by Crippen LogP contribution is -2.35. The van der Waals surface area contributed by atoms with Gasteiger partial charge in [-0.2, -0.15) is 0 Å². The molecule has 0 radical (unpaired) electrons. The Balaban J connectivity index is 1.96. The van der Waals surface area contributed by atoms with E-state index in [2.05, 4.69) is 22.1 Å². The zero-order valence-corrected chi connectivity index (χ0v) is 12.0. The van der Waals surface area contributed by atoms with Crippen molar-refractivity contribution in [2.75, 3.05) is 19.8 Å². The van der Waals surface area contributed by atoms with Crippen LogP contribution < -0.4 is 5.32 Å². The number of nitrogens with one attached hydrogen (secondary N) is 1. The fourth-order valence-electron chi connectivity index (χ4n) is 2.18. The van der Waals surface area contributed by atoms with Crippen LogP contribution in [0.1, 0.15) is 41.6 Å². The number of hydrogen-bond acceptors (Lipinski definition) is 4. The quantitative estimate of drug-likeness (QED) is 0.814. The normalized spacial score (nSPS) is 17.7. The fourth-order valence-corrected chi connectivity index (χ4v) is 2.18. The Bertz CT molecular complexity index is 528. The van der Waals surface area contributed by atoms with Crippen LogP contribution in [0.4, 0.5) is 0 Å². The van der Waals surface area contributed by atoms with Crippen molar-refractivity contribution >= 4 is 5.91 Å². The highest BCUT2D eigenvalue weighted by Gasteiger charge is 2.16. The van der Waals surface area contributed by atoms with Gasteiger partial charge in [-0.3, -0.25) is 9.78 Å². The van der Waals surface area contributed by atoms with Crippen molar-refractivity contribution in [1.29, 1.82) is 0 Å². The number of aliphatic hydroxyl groups excluding tert-OH is 1. The Labute approximate surface area is 124 Å². The molecule has 1 amide bonds. The van der Waals surface area contributed by atoms with E-state index in [1.54, 1.807) is 18.5 Å². The maximum Gasteiger partial charge on any atom is 0.252 e. The van der Waals surface area contributed by atoms with Crippen LogP contribution in [-0.2, 0) is 4.74 Å². The van der Waals surface area contributed by atoms with Gasteiger partial charge in [0.05, 0.1) is 23.8 Å². The summed E-state index contributed by atoms with van der Waals surface area (Å²) in [6.45, 7) is 1.30. The van der Waals surface area contributed by atoms with Crippen LogP contribution in [0.3, 0.4) is 0 Å². The Morgan fingerprint density at radius 3 is 3.19 bits per heavy atom. The van der Waals surface area contributed by atoms with Crippen molar-refractivity contribution in [3.05, 3.63) is 29.6 Å². The summed E-state index contributed by atoms with van der Waals surface area (Å²) in [6, 6.07) is 1.65. The Morgan fingerprint density at radius 1 is 1.52 bits per heavy atom. The smallest absolute Gasteiger partial charge is 0.252 e. The van der Waals surface area contributed by atoms with Gasteiger partial charge in [-0.25, -0.2) is 0 Å². The van der Waals surface area contributed by atoms with Crippen LogP contribution >= 0.6 is 0 Å². The molecule has 21 heavy (non-hydrogen) atoms. The Morgan fingerprint density at radius 2 is 2.43 bits per heavy atom. The maximum atomic E-state index is 12.2. The van der Waals surface area contributed by atoms with E-state index in [9.17, 15) is 4.79 Å². The summed E-state index contributed by atoms with van der Waals surface area (Å²) < 4.78 is 5.59. The van der Waals surface area contributed by atoms with E-state index >= 15 is 0 Å². The molecule has 1 saturated heterocycles. The average molecular weight is 288 g/mol. The van der Waals surface area contributed by atoms with Crippen LogP contribution in [0.5, 0.6) is 0 Å². The van der Waals surface area contributed by atoms with Crippen molar-refractivity contribution in [3.63, 3.8) is 0 Å².